The number of halogens is 1. The van der Waals surface area contributed by atoms with Crippen LogP contribution in [-0.4, -0.2) is 33.4 Å². The van der Waals surface area contributed by atoms with Crippen molar-refractivity contribution in [2.45, 2.75) is 11.5 Å². The first-order valence-electron chi connectivity index (χ1n) is 10.3. The number of rotatable bonds is 10. The minimum absolute atomic E-state index is 0.00630. The number of hydrogen-bond donors (Lipinski definition) is 1. The first kappa shape index (κ1) is 25.0. The molecule has 0 radical (unpaired) electrons. The van der Waals surface area contributed by atoms with Gasteiger partial charge in [0.15, 0.2) is 0 Å². The van der Waals surface area contributed by atoms with Gasteiger partial charge in [-0.1, -0.05) is 66.2 Å². The molecule has 0 aliphatic carbocycles. The number of nitrogens with zero attached hydrogens (tertiary/aromatic N) is 1. The lowest BCUT2D eigenvalue weighted by Gasteiger charge is -2.24. The summed E-state index contributed by atoms with van der Waals surface area (Å²) in [5, 5.41) is 2.40. The Kier molecular flexibility index (Phi) is 8.45. The van der Waals surface area contributed by atoms with Crippen molar-refractivity contribution < 1.29 is 22.7 Å². The van der Waals surface area contributed by atoms with E-state index >= 15 is 0 Å². The van der Waals surface area contributed by atoms with Gasteiger partial charge in [-0.05, 0) is 35.9 Å². The van der Waals surface area contributed by atoms with E-state index in [2.05, 4.69) is 11.9 Å². The number of nitrogens with one attached hydrogen (secondary N) is 1. The maximum atomic E-state index is 13.4. The van der Waals surface area contributed by atoms with Crippen molar-refractivity contribution >= 4 is 39.2 Å². The Hall–Kier alpha value is -3.62. The smallest absolute Gasteiger partial charge is 0.325 e. The van der Waals surface area contributed by atoms with E-state index in [9.17, 15) is 18.0 Å². The van der Waals surface area contributed by atoms with E-state index in [1.54, 1.807) is 30.3 Å². The molecule has 0 aromatic heterocycles. The fourth-order valence-corrected chi connectivity index (χ4v) is 5.00. The Morgan fingerprint density at radius 2 is 1.65 bits per heavy atom. The van der Waals surface area contributed by atoms with Crippen LogP contribution in [0.5, 0.6) is 0 Å². The first-order chi connectivity index (χ1) is 16.3. The van der Waals surface area contributed by atoms with Crippen LogP contribution in [0.25, 0.3) is 0 Å². The fraction of sp³-hybridized carbons (Fsp3) is 0.120. The van der Waals surface area contributed by atoms with Crippen molar-refractivity contribution in [3.63, 3.8) is 0 Å². The summed E-state index contributed by atoms with van der Waals surface area (Å²) >= 11 is 6.21. The van der Waals surface area contributed by atoms with Crippen molar-refractivity contribution in [1.82, 2.24) is 5.32 Å². The van der Waals surface area contributed by atoms with Crippen LogP contribution in [0.15, 0.2) is 96.4 Å². The molecule has 0 saturated heterocycles. The van der Waals surface area contributed by atoms with E-state index in [0.29, 0.717) is 5.69 Å². The van der Waals surface area contributed by atoms with Crippen LogP contribution in [0.3, 0.4) is 0 Å². The van der Waals surface area contributed by atoms with Gasteiger partial charge in [0.2, 0.25) is 0 Å². The lowest BCUT2D eigenvalue weighted by atomic mass is 10.2. The molecule has 176 valence electrons. The molecule has 0 fully saturated rings. The van der Waals surface area contributed by atoms with Gasteiger partial charge < -0.3 is 10.1 Å². The molecule has 0 heterocycles. The quantitative estimate of drug-likeness (QED) is 0.334. The number of carbonyl (C=O) groups is 2. The third-order valence-electron chi connectivity index (χ3n) is 4.74. The number of hydrogen-bond acceptors (Lipinski definition) is 5. The summed E-state index contributed by atoms with van der Waals surface area (Å²) in [4.78, 5) is 24.3. The minimum Gasteiger partial charge on any atom is -0.460 e. The predicted molar refractivity (Wildman–Crippen MR) is 131 cm³/mol. The number of carbonyl (C=O) groups excluding carboxylic acids is 2. The minimum atomic E-state index is -4.11. The van der Waals surface area contributed by atoms with Crippen LogP contribution in [0.1, 0.15) is 15.9 Å². The van der Waals surface area contributed by atoms with Gasteiger partial charge >= 0.3 is 5.97 Å². The Labute approximate surface area is 203 Å². The summed E-state index contributed by atoms with van der Waals surface area (Å²) in [6.45, 7) is 3.34. The maximum Gasteiger partial charge on any atom is 0.325 e. The summed E-state index contributed by atoms with van der Waals surface area (Å²) < 4.78 is 33.1. The number of amides is 1. The zero-order chi connectivity index (χ0) is 24.6. The molecule has 9 heteroatoms. The lowest BCUT2D eigenvalue weighted by Crippen LogP contribution is -2.32. The van der Waals surface area contributed by atoms with Crippen molar-refractivity contribution in [2.75, 3.05) is 17.4 Å². The number of benzene rings is 3. The highest BCUT2D eigenvalue weighted by Crippen LogP contribution is 2.29. The summed E-state index contributed by atoms with van der Waals surface area (Å²) in [6, 6.07) is 21.5. The second-order valence-corrected chi connectivity index (χ2v) is 9.37. The molecule has 3 aromatic rings. The van der Waals surface area contributed by atoms with Crippen LogP contribution in [-0.2, 0) is 26.2 Å². The number of esters is 1. The lowest BCUT2D eigenvalue weighted by molar-refractivity contribution is -0.143. The molecular formula is C25H23ClN2O5S. The van der Waals surface area contributed by atoms with Gasteiger partial charge in [0.05, 0.1) is 17.3 Å². The van der Waals surface area contributed by atoms with Crippen molar-refractivity contribution in [2.24, 2.45) is 0 Å². The molecule has 0 bridgehead atoms. The Morgan fingerprint density at radius 3 is 2.29 bits per heavy atom. The third kappa shape index (κ3) is 6.24. The van der Waals surface area contributed by atoms with E-state index in [1.807, 2.05) is 30.3 Å². The first-order valence-corrected chi connectivity index (χ1v) is 12.1. The van der Waals surface area contributed by atoms with Gasteiger partial charge in [-0.2, -0.15) is 0 Å². The normalized spacial score (nSPS) is 10.9. The summed E-state index contributed by atoms with van der Waals surface area (Å²) in [5.41, 5.74) is 1.28. The van der Waals surface area contributed by atoms with Gasteiger partial charge in [0, 0.05) is 5.56 Å². The highest BCUT2D eigenvalue weighted by atomic mass is 35.5. The molecule has 0 unspecified atom stereocenters. The Bertz CT molecular complexity index is 1260. The van der Waals surface area contributed by atoms with Crippen molar-refractivity contribution in [3.8, 4) is 0 Å². The van der Waals surface area contributed by atoms with Crippen LogP contribution in [0.4, 0.5) is 5.69 Å². The van der Waals surface area contributed by atoms with Gasteiger partial charge in [-0.25, -0.2) is 8.42 Å². The Balaban J connectivity index is 1.73. The molecule has 0 aliphatic heterocycles. The van der Waals surface area contributed by atoms with E-state index in [1.165, 1.54) is 24.3 Å². The predicted octanol–water partition coefficient (Wildman–Crippen LogP) is 4.19. The second kappa shape index (κ2) is 11.5. The van der Waals surface area contributed by atoms with Gasteiger partial charge in [0.1, 0.15) is 18.0 Å². The molecule has 7 nitrogen and oxygen atoms in total. The summed E-state index contributed by atoms with van der Waals surface area (Å²) in [5.74, 6) is -1.26. The largest absolute Gasteiger partial charge is 0.460 e. The third-order valence-corrected chi connectivity index (χ3v) is 7.01. The van der Waals surface area contributed by atoms with Crippen LogP contribution in [0, 0.1) is 0 Å². The SMILES string of the molecule is C=CCN(c1ccccc1)S(=O)(=O)c1cc(C(=O)NCC(=O)OCc2ccccc2)ccc1Cl. The maximum absolute atomic E-state index is 13.4. The number of sulfonamides is 1. The average Bonchev–Trinajstić information content (AvgIpc) is 2.85. The highest BCUT2D eigenvalue weighted by molar-refractivity contribution is 7.93. The monoisotopic (exact) mass is 498 g/mol. The fourth-order valence-electron chi connectivity index (χ4n) is 3.06. The second-order valence-electron chi connectivity index (χ2n) is 7.13. The molecule has 1 amide bonds. The molecular weight excluding hydrogens is 476 g/mol. The topological polar surface area (TPSA) is 92.8 Å². The number of ether oxygens (including phenoxy) is 1. The molecule has 1 N–H and O–H groups in total. The van der Waals surface area contributed by atoms with E-state index < -0.39 is 21.9 Å². The van der Waals surface area contributed by atoms with E-state index in [-0.39, 0.29) is 35.2 Å². The average molecular weight is 499 g/mol. The molecule has 0 spiro atoms. The van der Waals surface area contributed by atoms with Gasteiger partial charge in [-0.3, -0.25) is 13.9 Å². The standard InChI is InChI=1S/C25H23ClN2O5S/c1-2-15-28(21-11-7-4-8-12-21)34(31,32)23-16-20(13-14-22(23)26)25(30)27-17-24(29)33-18-19-9-5-3-6-10-19/h2-14,16H,1,15,17-18H2,(H,27,30). The van der Waals surface area contributed by atoms with Gasteiger partial charge in [-0.15, -0.1) is 6.58 Å². The molecule has 34 heavy (non-hydrogen) atoms. The number of para-hydroxylation sites is 1. The van der Waals surface area contributed by atoms with E-state index in [4.69, 9.17) is 16.3 Å². The molecule has 3 rings (SSSR count). The van der Waals surface area contributed by atoms with Crippen molar-refractivity contribution in [1.29, 1.82) is 0 Å². The summed E-state index contributed by atoms with van der Waals surface area (Å²) in [6.07, 6.45) is 1.45. The molecule has 0 atom stereocenters. The number of anilines is 1. The Morgan fingerprint density at radius 1 is 1.00 bits per heavy atom. The highest BCUT2D eigenvalue weighted by Gasteiger charge is 2.27. The van der Waals surface area contributed by atoms with Gasteiger partial charge in [0.25, 0.3) is 15.9 Å². The summed E-state index contributed by atoms with van der Waals surface area (Å²) in [7, 11) is -4.11. The van der Waals surface area contributed by atoms with Crippen molar-refractivity contribution in [3.05, 3.63) is 108 Å². The molecule has 3 aromatic carbocycles. The van der Waals surface area contributed by atoms with Crippen LogP contribution < -0.4 is 9.62 Å². The molecule has 0 saturated carbocycles. The molecule has 0 aliphatic rings. The van der Waals surface area contributed by atoms with Crippen LogP contribution >= 0.6 is 11.6 Å². The van der Waals surface area contributed by atoms with E-state index in [0.717, 1.165) is 9.87 Å². The van der Waals surface area contributed by atoms with Crippen LogP contribution in [0.2, 0.25) is 5.02 Å². The zero-order valence-corrected chi connectivity index (χ0v) is 19.8. The zero-order valence-electron chi connectivity index (χ0n) is 18.2.